The van der Waals surface area contributed by atoms with Crippen LogP contribution in [0.15, 0.2) is 48.5 Å². The van der Waals surface area contributed by atoms with E-state index < -0.39 is 6.04 Å². The van der Waals surface area contributed by atoms with Crippen LogP contribution in [0.4, 0.5) is 5.69 Å². The van der Waals surface area contributed by atoms with Crippen molar-refractivity contribution in [3.05, 3.63) is 59.7 Å². The highest BCUT2D eigenvalue weighted by Gasteiger charge is 2.31. The Balaban J connectivity index is 1.75. The SMILES string of the molecule is COc1cccc(N2CCCC(NC(=O)c3ccccc3CN(C)C)C2=O)c1. The van der Waals surface area contributed by atoms with E-state index in [1.165, 1.54) is 0 Å². The molecule has 1 saturated heterocycles. The van der Waals surface area contributed by atoms with Crippen molar-refractivity contribution in [2.45, 2.75) is 25.4 Å². The van der Waals surface area contributed by atoms with E-state index in [0.717, 1.165) is 17.7 Å². The monoisotopic (exact) mass is 381 g/mol. The summed E-state index contributed by atoms with van der Waals surface area (Å²) in [6.07, 6.45) is 1.47. The van der Waals surface area contributed by atoms with E-state index in [1.54, 1.807) is 18.1 Å². The predicted molar refractivity (Wildman–Crippen MR) is 110 cm³/mol. The molecule has 2 aromatic carbocycles. The van der Waals surface area contributed by atoms with Crippen LogP contribution in [-0.4, -0.2) is 50.5 Å². The number of anilines is 1. The maximum absolute atomic E-state index is 13.0. The molecule has 1 N–H and O–H groups in total. The lowest BCUT2D eigenvalue weighted by Gasteiger charge is -2.33. The number of carbonyl (C=O) groups excluding carboxylic acids is 2. The summed E-state index contributed by atoms with van der Waals surface area (Å²) >= 11 is 0. The number of amides is 2. The quantitative estimate of drug-likeness (QED) is 0.836. The molecule has 148 valence electrons. The number of hydrogen-bond acceptors (Lipinski definition) is 4. The van der Waals surface area contributed by atoms with Crippen LogP contribution in [0, 0.1) is 0 Å². The van der Waals surface area contributed by atoms with E-state index in [-0.39, 0.29) is 11.8 Å². The molecule has 2 amide bonds. The van der Waals surface area contributed by atoms with E-state index in [4.69, 9.17) is 4.74 Å². The molecule has 0 bridgehead atoms. The normalized spacial score (nSPS) is 16.9. The number of nitrogens with zero attached hydrogens (tertiary/aromatic N) is 2. The van der Waals surface area contributed by atoms with Crippen molar-refractivity contribution in [1.82, 2.24) is 10.2 Å². The summed E-state index contributed by atoms with van der Waals surface area (Å²) in [5.74, 6) is 0.412. The zero-order valence-corrected chi connectivity index (χ0v) is 16.6. The molecular weight excluding hydrogens is 354 g/mol. The maximum Gasteiger partial charge on any atom is 0.252 e. The minimum absolute atomic E-state index is 0.0852. The third-order valence-electron chi connectivity index (χ3n) is 4.86. The molecule has 1 fully saturated rings. The molecule has 0 radical (unpaired) electrons. The van der Waals surface area contributed by atoms with Gasteiger partial charge in [0.1, 0.15) is 11.8 Å². The number of hydrogen-bond donors (Lipinski definition) is 1. The van der Waals surface area contributed by atoms with Gasteiger partial charge in [0.2, 0.25) is 5.91 Å². The highest BCUT2D eigenvalue weighted by molar-refractivity contribution is 6.03. The highest BCUT2D eigenvalue weighted by atomic mass is 16.5. The lowest BCUT2D eigenvalue weighted by atomic mass is 10.0. The fourth-order valence-electron chi connectivity index (χ4n) is 3.50. The Kier molecular flexibility index (Phi) is 6.31. The molecule has 28 heavy (non-hydrogen) atoms. The molecule has 0 saturated carbocycles. The summed E-state index contributed by atoms with van der Waals surface area (Å²) in [7, 11) is 5.53. The Hall–Kier alpha value is -2.86. The van der Waals surface area contributed by atoms with E-state index in [1.807, 2.05) is 61.5 Å². The van der Waals surface area contributed by atoms with Crippen LogP contribution in [0.5, 0.6) is 5.75 Å². The van der Waals surface area contributed by atoms with E-state index in [2.05, 4.69) is 5.32 Å². The van der Waals surface area contributed by atoms with Crippen molar-refractivity contribution in [3.63, 3.8) is 0 Å². The van der Waals surface area contributed by atoms with Crippen molar-refractivity contribution in [2.24, 2.45) is 0 Å². The van der Waals surface area contributed by atoms with Crippen LogP contribution in [0.2, 0.25) is 0 Å². The van der Waals surface area contributed by atoms with E-state index in [0.29, 0.717) is 30.8 Å². The van der Waals surface area contributed by atoms with Crippen molar-refractivity contribution in [1.29, 1.82) is 0 Å². The molecule has 1 atom stereocenters. The summed E-state index contributed by atoms with van der Waals surface area (Å²) in [4.78, 5) is 29.6. The smallest absolute Gasteiger partial charge is 0.252 e. The van der Waals surface area contributed by atoms with Gasteiger partial charge >= 0.3 is 0 Å². The Morgan fingerprint density at radius 3 is 2.75 bits per heavy atom. The highest BCUT2D eigenvalue weighted by Crippen LogP contribution is 2.25. The molecule has 2 aromatic rings. The average Bonchev–Trinajstić information content (AvgIpc) is 2.69. The van der Waals surface area contributed by atoms with E-state index in [9.17, 15) is 9.59 Å². The molecule has 0 aliphatic carbocycles. The average molecular weight is 381 g/mol. The summed E-state index contributed by atoms with van der Waals surface area (Å²) < 4.78 is 5.26. The molecule has 1 aliphatic heterocycles. The van der Waals surface area contributed by atoms with Gasteiger partial charge in [-0.25, -0.2) is 0 Å². The topological polar surface area (TPSA) is 61.9 Å². The second kappa shape index (κ2) is 8.89. The van der Waals surface area contributed by atoms with Gasteiger partial charge in [0.05, 0.1) is 7.11 Å². The number of nitrogens with one attached hydrogen (secondary N) is 1. The second-order valence-electron chi connectivity index (χ2n) is 7.25. The molecule has 3 rings (SSSR count). The second-order valence-corrected chi connectivity index (χ2v) is 7.25. The van der Waals surface area contributed by atoms with Gasteiger partial charge in [-0.2, -0.15) is 0 Å². The van der Waals surface area contributed by atoms with Crippen molar-refractivity contribution in [2.75, 3.05) is 32.6 Å². The lowest BCUT2D eigenvalue weighted by molar-refractivity contribution is -0.121. The Morgan fingerprint density at radius 1 is 1.21 bits per heavy atom. The summed E-state index contributed by atoms with van der Waals surface area (Å²) in [6, 6.07) is 14.4. The van der Waals surface area contributed by atoms with Gasteiger partial charge in [0.25, 0.3) is 5.91 Å². The molecule has 0 aromatic heterocycles. The first-order valence-electron chi connectivity index (χ1n) is 9.48. The minimum atomic E-state index is -0.528. The van der Waals surface area contributed by atoms with Gasteiger partial charge in [0.15, 0.2) is 0 Å². The molecular formula is C22H27N3O3. The first-order chi connectivity index (χ1) is 13.5. The number of carbonyl (C=O) groups is 2. The van der Waals surface area contributed by atoms with E-state index >= 15 is 0 Å². The molecule has 0 spiro atoms. The van der Waals surface area contributed by atoms with Gasteiger partial charge in [-0.05, 0) is 50.7 Å². The zero-order valence-electron chi connectivity index (χ0n) is 16.6. The maximum atomic E-state index is 13.0. The molecule has 1 unspecified atom stereocenters. The zero-order chi connectivity index (χ0) is 20.1. The Bertz CT molecular complexity index is 850. The molecule has 6 heteroatoms. The fraction of sp³-hybridized carbons (Fsp3) is 0.364. The Labute approximate surface area is 166 Å². The number of ether oxygens (including phenoxy) is 1. The van der Waals surface area contributed by atoms with Gasteiger partial charge in [-0.3, -0.25) is 9.59 Å². The third-order valence-corrected chi connectivity index (χ3v) is 4.86. The largest absolute Gasteiger partial charge is 0.497 e. The minimum Gasteiger partial charge on any atom is -0.497 e. The van der Waals surface area contributed by atoms with Crippen LogP contribution < -0.4 is 15.0 Å². The molecule has 1 aliphatic rings. The van der Waals surface area contributed by atoms with Gasteiger partial charge in [0, 0.05) is 30.4 Å². The molecule has 6 nitrogen and oxygen atoms in total. The first kappa shape index (κ1) is 19.9. The molecule has 1 heterocycles. The van der Waals surface area contributed by atoms with Crippen LogP contribution >= 0.6 is 0 Å². The van der Waals surface area contributed by atoms with Crippen LogP contribution in [0.25, 0.3) is 0 Å². The van der Waals surface area contributed by atoms with Gasteiger partial charge in [-0.1, -0.05) is 24.3 Å². The van der Waals surface area contributed by atoms with Gasteiger partial charge in [-0.15, -0.1) is 0 Å². The number of benzene rings is 2. The fourth-order valence-corrected chi connectivity index (χ4v) is 3.50. The van der Waals surface area contributed by atoms with Crippen molar-refractivity contribution in [3.8, 4) is 5.75 Å². The van der Waals surface area contributed by atoms with Crippen LogP contribution in [0.3, 0.4) is 0 Å². The first-order valence-corrected chi connectivity index (χ1v) is 9.48. The predicted octanol–water partition coefficient (Wildman–Crippen LogP) is 2.68. The Morgan fingerprint density at radius 2 is 2.00 bits per heavy atom. The van der Waals surface area contributed by atoms with Crippen molar-refractivity contribution >= 4 is 17.5 Å². The van der Waals surface area contributed by atoms with Gasteiger partial charge < -0.3 is 19.9 Å². The van der Waals surface area contributed by atoms with Crippen LogP contribution in [-0.2, 0) is 11.3 Å². The lowest BCUT2D eigenvalue weighted by Crippen LogP contribution is -2.52. The number of piperidine rings is 1. The summed E-state index contributed by atoms with van der Waals surface area (Å²) in [5.41, 5.74) is 2.34. The third kappa shape index (κ3) is 4.51. The number of methoxy groups -OCH3 is 1. The number of rotatable bonds is 6. The summed E-state index contributed by atoms with van der Waals surface area (Å²) in [6.45, 7) is 1.30. The summed E-state index contributed by atoms with van der Waals surface area (Å²) in [5, 5.41) is 2.95. The van der Waals surface area contributed by atoms with Crippen LogP contribution in [0.1, 0.15) is 28.8 Å². The van der Waals surface area contributed by atoms with Crippen molar-refractivity contribution < 1.29 is 14.3 Å². The standard InChI is InChI=1S/C22H27N3O3/c1-24(2)15-16-8-4-5-11-19(16)21(26)23-20-12-7-13-25(22(20)27)17-9-6-10-18(14-17)28-3/h4-6,8-11,14,20H,7,12-13,15H2,1-3H3,(H,23,26).